The standard InChI is InChI=1S/C15H19NO3S/c1-20-7-3-2-6-16-10-11-4-5-13-12(8-11)9-14(19-13)15(17)18/h4-5,8-9,16H,2-3,6-7,10H2,1H3,(H,17,18). The van der Waals surface area contributed by atoms with Crippen molar-refractivity contribution in [3.05, 3.63) is 35.6 Å². The Morgan fingerprint density at radius 2 is 2.20 bits per heavy atom. The number of nitrogens with one attached hydrogen (secondary N) is 1. The van der Waals surface area contributed by atoms with Gasteiger partial charge in [0.15, 0.2) is 0 Å². The van der Waals surface area contributed by atoms with Gasteiger partial charge in [0.2, 0.25) is 5.76 Å². The van der Waals surface area contributed by atoms with E-state index in [4.69, 9.17) is 9.52 Å². The summed E-state index contributed by atoms with van der Waals surface area (Å²) in [7, 11) is 0. The number of carboxylic acids is 1. The molecule has 1 heterocycles. The van der Waals surface area contributed by atoms with Gasteiger partial charge in [-0.25, -0.2) is 4.79 Å². The van der Waals surface area contributed by atoms with Gasteiger partial charge in [0.1, 0.15) is 5.58 Å². The lowest BCUT2D eigenvalue weighted by Gasteiger charge is -2.04. The fourth-order valence-electron chi connectivity index (χ4n) is 2.04. The zero-order chi connectivity index (χ0) is 14.4. The second kappa shape index (κ2) is 7.36. The summed E-state index contributed by atoms with van der Waals surface area (Å²) in [6.45, 7) is 1.80. The number of hydrogen-bond acceptors (Lipinski definition) is 4. The van der Waals surface area contributed by atoms with E-state index in [0.717, 1.165) is 24.0 Å². The number of fused-ring (bicyclic) bond motifs is 1. The van der Waals surface area contributed by atoms with Gasteiger partial charge in [-0.1, -0.05) is 6.07 Å². The molecule has 0 saturated heterocycles. The van der Waals surface area contributed by atoms with Crippen molar-refractivity contribution in [2.75, 3.05) is 18.6 Å². The molecule has 0 spiro atoms. The molecule has 5 heteroatoms. The van der Waals surface area contributed by atoms with Gasteiger partial charge in [0.05, 0.1) is 0 Å². The van der Waals surface area contributed by atoms with Gasteiger partial charge in [0.25, 0.3) is 0 Å². The van der Waals surface area contributed by atoms with Gasteiger partial charge in [-0.05, 0) is 55.2 Å². The number of aromatic carboxylic acids is 1. The first kappa shape index (κ1) is 14.9. The molecule has 108 valence electrons. The van der Waals surface area contributed by atoms with Crippen LogP contribution in [0.2, 0.25) is 0 Å². The van der Waals surface area contributed by atoms with E-state index in [-0.39, 0.29) is 5.76 Å². The van der Waals surface area contributed by atoms with E-state index >= 15 is 0 Å². The van der Waals surface area contributed by atoms with Crippen molar-refractivity contribution in [3.8, 4) is 0 Å². The summed E-state index contributed by atoms with van der Waals surface area (Å²) in [5.41, 5.74) is 1.76. The predicted octanol–water partition coefficient (Wildman–Crippen LogP) is 3.36. The predicted molar refractivity (Wildman–Crippen MR) is 82.5 cm³/mol. The summed E-state index contributed by atoms with van der Waals surface area (Å²) in [5.74, 6) is 0.164. The lowest BCUT2D eigenvalue weighted by molar-refractivity contribution is 0.0665. The van der Waals surface area contributed by atoms with Crippen LogP contribution in [0.25, 0.3) is 11.0 Å². The SMILES string of the molecule is CSCCCCNCc1ccc2oc(C(=O)O)cc2c1. The van der Waals surface area contributed by atoms with Crippen molar-refractivity contribution < 1.29 is 14.3 Å². The molecule has 0 radical (unpaired) electrons. The number of benzene rings is 1. The molecular weight excluding hydrogens is 274 g/mol. The molecular formula is C15H19NO3S. The summed E-state index contributed by atoms with van der Waals surface area (Å²) in [6.07, 6.45) is 4.54. The zero-order valence-corrected chi connectivity index (χ0v) is 12.3. The highest BCUT2D eigenvalue weighted by molar-refractivity contribution is 7.98. The van der Waals surface area contributed by atoms with Gasteiger partial charge in [-0.15, -0.1) is 0 Å². The quantitative estimate of drug-likeness (QED) is 0.731. The highest BCUT2D eigenvalue weighted by Crippen LogP contribution is 2.20. The van der Waals surface area contributed by atoms with Crippen LogP contribution in [0.3, 0.4) is 0 Å². The molecule has 0 fully saturated rings. The third-order valence-electron chi connectivity index (χ3n) is 3.07. The minimum Gasteiger partial charge on any atom is -0.475 e. The Balaban J connectivity index is 1.89. The lowest BCUT2D eigenvalue weighted by Crippen LogP contribution is -2.14. The molecule has 0 aliphatic carbocycles. The molecule has 4 nitrogen and oxygen atoms in total. The van der Waals surface area contributed by atoms with Crippen LogP contribution < -0.4 is 5.32 Å². The van der Waals surface area contributed by atoms with Crippen LogP contribution >= 0.6 is 11.8 Å². The van der Waals surface area contributed by atoms with Gasteiger partial charge in [-0.3, -0.25) is 0 Å². The maximum Gasteiger partial charge on any atom is 0.371 e. The Morgan fingerprint density at radius 1 is 1.35 bits per heavy atom. The Labute approximate surface area is 122 Å². The average Bonchev–Trinajstić information content (AvgIpc) is 2.86. The molecule has 0 unspecified atom stereocenters. The van der Waals surface area contributed by atoms with Gasteiger partial charge in [0, 0.05) is 11.9 Å². The van der Waals surface area contributed by atoms with Crippen molar-refractivity contribution in [1.29, 1.82) is 0 Å². The molecule has 2 aromatic rings. The van der Waals surface area contributed by atoms with Gasteiger partial charge < -0.3 is 14.8 Å². The molecule has 0 atom stereocenters. The van der Waals surface area contributed by atoms with E-state index < -0.39 is 5.97 Å². The van der Waals surface area contributed by atoms with Crippen LogP contribution in [0.15, 0.2) is 28.7 Å². The van der Waals surface area contributed by atoms with Crippen molar-refractivity contribution in [3.63, 3.8) is 0 Å². The van der Waals surface area contributed by atoms with Crippen LogP contribution in [-0.4, -0.2) is 29.6 Å². The van der Waals surface area contributed by atoms with Gasteiger partial charge in [-0.2, -0.15) is 11.8 Å². The van der Waals surface area contributed by atoms with Crippen LogP contribution in [0.1, 0.15) is 29.0 Å². The molecule has 0 aliphatic rings. The summed E-state index contributed by atoms with van der Waals surface area (Å²) in [4.78, 5) is 10.8. The summed E-state index contributed by atoms with van der Waals surface area (Å²) in [6, 6.07) is 7.33. The molecule has 1 aromatic heterocycles. The third-order valence-corrected chi connectivity index (χ3v) is 3.77. The number of carboxylic acid groups (broad SMARTS) is 1. The largest absolute Gasteiger partial charge is 0.475 e. The van der Waals surface area contributed by atoms with Crippen molar-refractivity contribution >= 4 is 28.7 Å². The fourth-order valence-corrected chi connectivity index (χ4v) is 2.53. The summed E-state index contributed by atoms with van der Waals surface area (Å²) in [5, 5.41) is 13.1. The topological polar surface area (TPSA) is 62.5 Å². The molecule has 0 amide bonds. The first-order valence-electron chi connectivity index (χ1n) is 6.66. The number of hydrogen-bond donors (Lipinski definition) is 2. The number of unbranched alkanes of at least 4 members (excludes halogenated alkanes) is 1. The van der Waals surface area contributed by atoms with E-state index in [1.165, 1.54) is 18.6 Å². The van der Waals surface area contributed by atoms with Gasteiger partial charge >= 0.3 is 5.97 Å². The van der Waals surface area contributed by atoms with Crippen molar-refractivity contribution in [2.45, 2.75) is 19.4 Å². The molecule has 2 N–H and O–H groups in total. The van der Waals surface area contributed by atoms with Crippen LogP contribution in [0, 0.1) is 0 Å². The second-order valence-corrected chi connectivity index (χ2v) is 5.65. The van der Waals surface area contributed by atoms with E-state index in [9.17, 15) is 4.79 Å². The number of furan rings is 1. The first-order chi connectivity index (χ1) is 9.70. The Kier molecular flexibility index (Phi) is 5.49. The van der Waals surface area contributed by atoms with E-state index in [1.54, 1.807) is 6.07 Å². The van der Waals surface area contributed by atoms with Crippen molar-refractivity contribution in [2.24, 2.45) is 0 Å². The highest BCUT2D eigenvalue weighted by Gasteiger charge is 2.10. The molecule has 0 aliphatic heterocycles. The Hall–Kier alpha value is -1.46. The molecule has 0 bridgehead atoms. The molecule has 1 aromatic carbocycles. The first-order valence-corrected chi connectivity index (χ1v) is 8.05. The van der Waals surface area contributed by atoms with Crippen LogP contribution in [-0.2, 0) is 6.54 Å². The van der Waals surface area contributed by atoms with Crippen LogP contribution in [0.4, 0.5) is 0 Å². The minimum atomic E-state index is -1.03. The number of thioether (sulfide) groups is 1. The normalized spacial score (nSPS) is 11.1. The highest BCUT2D eigenvalue weighted by atomic mass is 32.2. The number of rotatable bonds is 8. The van der Waals surface area contributed by atoms with E-state index in [0.29, 0.717) is 5.58 Å². The van der Waals surface area contributed by atoms with Crippen LogP contribution in [0.5, 0.6) is 0 Å². The van der Waals surface area contributed by atoms with Crippen molar-refractivity contribution in [1.82, 2.24) is 5.32 Å². The van der Waals surface area contributed by atoms with E-state index in [2.05, 4.69) is 11.6 Å². The summed E-state index contributed by atoms with van der Waals surface area (Å²) >= 11 is 1.88. The molecule has 2 rings (SSSR count). The third kappa shape index (κ3) is 4.02. The lowest BCUT2D eigenvalue weighted by atomic mass is 10.1. The fraction of sp³-hybridized carbons (Fsp3) is 0.400. The molecule has 20 heavy (non-hydrogen) atoms. The summed E-state index contributed by atoms with van der Waals surface area (Å²) < 4.78 is 5.23. The average molecular weight is 293 g/mol. The van der Waals surface area contributed by atoms with E-state index in [1.807, 2.05) is 30.0 Å². The Bertz CT molecular complexity index is 580. The Morgan fingerprint density at radius 3 is 2.95 bits per heavy atom. The monoisotopic (exact) mass is 293 g/mol. The minimum absolute atomic E-state index is 0.0119. The molecule has 0 saturated carbocycles. The maximum atomic E-state index is 10.8. The second-order valence-electron chi connectivity index (χ2n) is 4.66. The zero-order valence-electron chi connectivity index (χ0n) is 11.5. The maximum absolute atomic E-state index is 10.8. The number of carbonyl (C=O) groups is 1. The smallest absolute Gasteiger partial charge is 0.371 e.